The lowest BCUT2D eigenvalue weighted by molar-refractivity contribution is 0.0666. The Hall–Kier alpha value is -0.910. The highest BCUT2D eigenvalue weighted by Gasteiger charge is 2.17. The van der Waals surface area contributed by atoms with Crippen LogP contribution in [0.2, 0.25) is 0 Å². The van der Waals surface area contributed by atoms with Crippen LogP contribution in [0.5, 0.6) is 0 Å². The normalized spacial score (nSPS) is 18.6. The van der Waals surface area contributed by atoms with Gasteiger partial charge in [0.25, 0.3) is 5.91 Å². The molecule has 16 heavy (non-hydrogen) atoms. The number of aryl methyl sites for hydroxylation is 1. The number of rotatable bonds is 2. The Kier molecular flexibility index (Phi) is 3.58. The summed E-state index contributed by atoms with van der Waals surface area (Å²) in [7, 11) is 2.10. The molecule has 1 amide bonds. The SMILES string of the molecule is Cc1ccc(C(=O)NN2CCN(C)CC2)s1. The van der Waals surface area contributed by atoms with E-state index in [-0.39, 0.29) is 5.91 Å². The first-order valence-corrected chi connectivity index (χ1v) is 6.28. The number of thiophene rings is 1. The maximum Gasteiger partial charge on any atom is 0.275 e. The zero-order valence-corrected chi connectivity index (χ0v) is 10.5. The monoisotopic (exact) mass is 239 g/mol. The van der Waals surface area contributed by atoms with E-state index >= 15 is 0 Å². The molecule has 0 radical (unpaired) electrons. The van der Waals surface area contributed by atoms with Gasteiger partial charge >= 0.3 is 0 Å². The third-order valence-electron chi connectivity index (χ3n) is 2.73. The Morgan fingerprint density at radius 1 is 1.31 bits per heavy atom. The third kappa shape index (κ3) is 2.81. The number of piperazine rings is 1. The van der Waals surface area contributed by atoms with Crippen molar-refractivity contribution in [3.8, 4) is 0 Å². The number of carbonyl (C=O) groups excluding carboxylic acids is 1. The van der Waals surface area contributed by atoms with Crippen LogP contribution in [0, 0.1) is 6.92 Å². The van der Waals surface area contributed by atoms with Gasteiger partial charge in [-0.25, -0.2) is 5.01 Å². The fourth-order valence-electron chi connectivity index (χ4n) is 1.67. The summed E-state index contributed by atoms with van der Waals surface area (Å²) in [4.78, 5) is 16.1. The second-order valence-corrected chi connectivity index (χ2v) is 5.43. The van der Waals surface area contributed by atoms with Gasteiger partial charge in [0, 0.05) is 31.1 Å². The molecule has 88 valence electrons. The van der Waals surface area contributed by atoms with E-state index in [1.54, 1.807) is 0 Å². The maximum atomic E-state index is 11.9. The second kappa shape index (κ2) is 4.95. The summed E-state index contributed by atoms with van der Waals surface area (Å²) >= 11 is 1.54. The number of hydrogen-bond acceptors (Lipinski definition) is 4. The van der Waals surface area contributed by atoms with Crippen LogP contribution in [-0.4, -0.2) is 49.0 Å². The first kappa shape index (κ1) is 11.6. The molecule has 1 N–H and O–H groups in total. The summed E-state index contributed by atoms with van der Waals surface area (Å²) in [6, 6.07) is 3.86. The zero-order valence-electron chi connectivity index (χ0n) is 9.69. The summed E-state index contributed by atoms with van der Waals surface area (Å²) < 4.78 is 0. The van der Waals surface area contributed by atoms with Gasteiger partial charge in [-0.15, -0.1) is 11.3 Å². The first-order valence-electron chi connectivity index (χ1n) is 5.46. The number of hydrogen-bond donors (Lipinski definition) is 1. The summed E-state index contributed by atoms with van der Waals surface area (Å²) in [6.45, 7) is 5.81. The predicted molar refractivity (Wildman–Crippen MR) is 65.6 cm³/mol. The molecule has 0 bridgehead atoms. The van der Waals surface area contributed by atoms with Crippen molar-refractivity contribution < 1.29 is 4.79 Å². The minimum absolute atomic E-state index is 0.0163. The largest absolute Gasteiger partial charge is 0.304 e. The molecular weight excluding hydrogens is 222 g/mol. The summed E-state index contributed by atoms with van der Waals surface area (Å²) in [5, 5.41) is 2.00. The first-order chi connectivity index (χ1) is 7.65. The quantitative estimate of drug-likeness (QED) is 0.834. The fourth-order valence-corrected chi connectivity index (χ4v) is 2.43. The molecule has 1 aliphatic rings. The molecule has 1 aromatic heterocycles. The van der Waals surface area contributed by atoms with Gasteiger partial charge in [-0.1, -0.05) is 0 Å². The Morgan fingerprint density at radius 2 is 2.00 bits per heavy atom. The highest BCUT2D eigenvalue weighted by molar-refractivity contribution is 7.13. The van der Waals surface area contributed by atoms with Crippen molar-refractivity contribution in [1.82, 2.24) is 15.3 Å². The Morgan fingerprint density at radius 3 is 2.56 bits per heavy atom. The molecular formula is C11H17N3OS. The van der Waals surface area contributed by atoms with E-state index in [1.807, 2.05) is 24.1 Å². The molecule has 2 heterocycles. The molecule has 2 rings (SSSR count). The van der Waals surface area contributed by atoms with Crippen LogP contribution < -0.4 is 5.43 Å². The average molecular weight is 239 g/mol. The molecule has 4 nitrogen and oxygen atoms in total. The highest BCUT2D eigenvalue weighted by atomic mass is 32.1. The lowest BCUT2D eigenvalue weighted by Crippen LogP contribution is -2.52. The van der Waals surface area contributed by atoms with Crippen LogP contribution >= 0.6 is 11.3 Å². The Bertz CT molecular complexity index is 369. The zero-order chi connectivity index (χ0) is 11.5. The number of likely N-dealkylation sites (N-methyl/N-ethyl adjacent to an activating group) is 1. The fraction of sp³-hybridized carbons (Fsp3) is 0.545. The minimum Gasteiger partial charge on any atom is -0.304 e. The van der Waals surface area contributed by atoms with Crippen LogP contribution in [0.1, 0.15) is 14.5 Å². The molecule has 0 unspecified atom stereocenters. The van der Waals surface area contributed by atoms with E-state index in [2.05, 4.69) is 17.4 Å². The van der Waals surface area contributed by atoms with Crippen LogP contribution in [0.25, 0.3) is 0 Å². The summed E-state index contributed by atoms with van der Waals surface area (Å²) in [5.41, 5.74) is 2.95. The third-order valence-corrected chi connectivity index (χ3v) is 3.73. The van der Waals surface area contributed by atoms with E-state index in [0.717, 1.165) is 31.1 Å². The predicted octanol–water partition coefficient (Wildman–Crippen LogP) is 0.949. The number of nitrogens with one attached hydrogen (secondary N) is 1. The number of amides is 1. The molecule has 0 aliphatic carbocycles. The van der Waals surface area contributed by atoms with Crippen molar-refractivity contribution in [1.29, 1.82) is 0 Å². The standard InChI is InChI=1S/C11H17N3OS/c1-9-3-4-10(16-9)11(15)12-14-7-5-13(2)6-8-14/h3-4H,5-8H2,1-2H3,(H,12,15). The number of hydrazine groups is 1. The van der Waals surface area contributed by atoms with Gasteiger partial charge in [0.2, 0.25) is 0 Å². The molecule has 1 saturated heterocycles. The molecule has 0 spiro atoms. The topological polar surface area (TPSA) is 35.6 Å². The average Bonchev–Trinajstić information content (AvgIpc) is 2.68. The second-order valence-electron chi connectivity index (χ2n) is 4.14. The molecule has 1 aliphatic heterocycles. The van der Waals surface area contributed by atoms with Crippen molar-refractivity contribution in [3.63, 3.8) is 0 Å². The van der Waals surface area contributed by atoms with Crippen molar-refractivity contribution in [3.05, 3.63) is 21.9 Å². The molecule has 0 atom stereocenters. The molecule has 1 fully saturated rings. The summed E-state index contributed by atoms with van der Waals surface area (Å²) in [6.07, 6.45) is 0. The molecule has 1 aromatic rings. The van der Waals surface area contributed by atoms with Gasteiger partial charge in [0.1, 0.15) is 0 Å². The maximum absolute atomic E-state index is 11.9. The van der Waals surface area contributed by atoms with Crippen LogP contribution in [0.4, 0.5) is 0 Å². The summed E-state index contributed by atoms with van der Waals surface area (Å²) in [5.74, 6) is 0.0163. The Labute approximate surface area is 99.8 Å². The van der Waals surface area contributed by atoms with Gasteiger partial charge in [-0.3, -0.25) is 10.2 Å². The van der Waals surface area contributed by atoms with Gasteiger partial charge < -0.3 is 4.90 Å². The molecule has 0 aromatic carbocycles. The Balaban J connectivity index is 1.88. The van der Waals surface area contributed by atoms with Crippen molar-refractivity contribution in [2.45, 2.75) is 6.92 Å². The number of carbonyl (C=O) groups is 1. The molecule has 0 saturated carbocycles. The van der Waals surface area contributed by atoms with Crippen LogP contribution in [-0.2, 0) is 0 Å². The van der Waals surface area contributed by atoms with Crippen LogP contribution in [0.15, 0.2) is 12.1 Å². The van der Waals surface area contributed by atoms with Gasteiger partial charge in [0.15, 0.2) is 0 Å². The van der Waals surface area contributed by atoms with Gasteiger partial charge in [-0.05, 0) is 26.1 Å². The van der Waals surface area contributed by atoms with E-state index in [1.165, 1.54) is 16.2 Å². The van der Waals surface area contributed by atoms with E-state index in [9.17, 15) is 4.79 Å². The van der Waals surface area contributed by atoms with Crippen molar-refractivity contribution >= 4 is 17.2 Å². The molecule has 5 heteroatoms. The van der Waals surface area contributed by atoms with Crippen LogP contribution in [0.3, 0.4) is 0 Å². The van der Waals surface area contributed by atoms with Gasteiger partial charge in [-0.2, -0.15) is 0 Å². The smallest absolute Gasteiger partial charge is 0.275 e. The van der Waals surface area contributed by atoms with Crippen molar-refractivity contribution in [2.24, 2.45) is 0 Å². The lowest BCUT2D eigenvalue weighted by atomic mass is 10.4. The highest BCUT2D eigenvalue weighted by Crippen LogP contribution is 2.14. The lowest BCUT2D eigenvalue weighted by Gasteiger charge is -2.32. The van der Waals surface area contributed by atoms with E-state index < -0.39 is 0 Å². The van der Waals surface area contributed by atoms with Crippen molar-refractivity contribution in [2.75, 3.05) is 33.2 Å². The van der Waals surface area contributed by atoms with Gasteiger partial charge in [0.05, 0.1) is 4.88 Å². The van der Waals surface area contributed by atoms with E-state index in [0.29, 0.717) is 0 Å². The number of nitrogens with zero attached hydrogens (tertiary/aromatic N) is 2. The minimum atomic E-state index is 0.0163. The van der Waals surface area contributed by atoms with E-state index in [4.69, 9.17) is 0 Å².